The van der Waals surface area contributed by atoms with Crippen LogP contribution in [0.1, 0.15) is 6.92 Å². The topological polar surface area (TPSA) is 103 Å². The number of hydrogen-bond donors (Lipinski definition) is 3. The van der Waals surface area contributed by atoms with Crippen molar-refractivity contribution in [1.29, 1.82) is 0 Å². The Balaban J connectivity index is 2.05. The molecule has 0 aromatic rings. The zero-order valence-electron chi connectivity index (χ0n) is 8.54. The van der Waals surface area contributed by atoms with Gasteiger partial charge in [0.1, 0.15) is 6.61 Å². The number of primary amides is 1. The molecule has 7 nitrogen and oxygen atoms in total. The molecular weight excluding hydrogens is 202 g/mol. The molecule has 1 saturated heterocycles. The molecule has 1 aliphatic rings. The van der Waals surface area contributed by atoms with Crippen LogP contribution in [0.4, 0.5) is 0 Å². The van der Waals surface area contributed by atoms with Gasteiger partial charge in [-0.15, -0.1) is 0 Å². The summed E-state index contributed by atoms with van der Waals surface area (Å²) in [6, 6.07) is 0. The molecule has 0 spiro atoms. The Kier molecular flexibility index (Phi) is 4.01. The van der Waals surface area contributed by atoms with E-state index in [9.17, 15) is 9.59 Å². The molecule has 0 saturated carbocycles. The minimum absolute atomic E-state index is 0.100. The van der Waals surface area contributed by atoms with Gasteiger partial charge in [-0.25, -0.2) is 5.48 Å². The van der Waals surface area contributed by atoms with Gasteiger partial charge in [-0.3, -0.25) is 14.4 Å². The van der Waals surface area contributed by atoms with Crippen molar-refractivity contribution in [3.63, 3.8) is 0 Å². The lowest BCUT2D eigenvalue weighted by molar-refractivity contribution is -0.149. The van der Waals surface area contributed by atoms with Crippen LogP contribution in [0.2, 0.25) is 0 Å². The summed E-state index contributed by atoms with van der Waals surface area (Å²) in [7, 11) is 0. The van der Waals surface area contributed by atoms with Crippen LogP contribution in [0.5, 0.6) is 0 Å². The number of hydrogen-bond acceptors (Lipinski definition) is 5. The summed E-state index contributed by atoms with van der Waals surface area (Å²) < 4.78 is 5.31. The third-order valence-corrected chi connectivity index (χ3v) is 1.95. The highest BCUT2D eigenvalue weighted by Crippen LogP contribution is 2.14. The second kappa shape index (κ2) is 5.06. The fraction of sp³-hybridized carbons (Fsp3) is 0.750. The molecule has 15 heavy (non-hydrogen) atoms. The van der Waals surface area contributed by atoms with Crippen LogP contribution < -0.4 is 16.5 Å². The van der Waals surface area contributed by atoms with Gasteiger partial charge in [0.2, 0.25) is 5.91 Å². The molecule has 2 amide bonds. The third-order valence-electron chi connectivity index (χ3n) is 1.95. The van der Waals surface area contributed by atoms with Crippen molar-refractivity contribution in [2.75, 3.05) is 26.3 Å². The van der Waals surface area contributed by atoms with E-state index in [1.165, 1.54) is 0 Å². The Morgan fingerprint density at radius 1 is 1.47 bits per heavy atom. The standard InChI is InChI=1S/C8H15N3O4/c1-8(4-10-5-8)14-3-7(13)11-15-2-6(9)12/h10H,2-5H2,1H3,(H2,9,12)(H,11,13). The lowest BCUT2D eigenvalue weighted by Gasteiger charge is -2.38. The van der Waals surface area contributed by atoms with Crippen molar-refractivity contribution in [1.82, 2.24) is 10.8 Å². The van der Waals surface area contributed by atoms with Gasteiger partial charge in [0.25, 0.3) is 5.91 Å². The van der Waals surface area contributed by atoms with Crippen molar-refractivity contribution in [2.45, 2.75) is 12.5 Å². The molecule has 7 heteroatoms. The molecule has 0 aromatic heterocycles. The lowest BCUT2D eigenvalue weighted by atomic mass is 10.0. The molecule has 1 rings (SSSR count). The molecule has 4 N–H and O–H groups in total. The Morgan fingerprint density at radius 2 is 2.13 bits per heavy atom. The van der Waals surface area contributed by atoms with E-state index in [1.54, 1.807) is 0 Å². The maximum atomic E-state index is 11.1. The van der Waals surface area contributed by atoms with Crippen molar-refractivity contribution >= 4 is 11.8 Å². The van der Waals surface area contributed by atoms with Crippen molar-refractivity contribution < 1.29 is 19.2 Å². The predicted octanol–water partition coefficient (Wildman–Crippen LogP) is -2.10. The Hall–Kier alpha value is -1.18. The summed E-state index contributed by atoms with van der Waals surface area (Å²) in [6.45, 7) is 2.91. The minimum atomic E-state index is -0.647. The summed E-state index contributed by atoms with van der Waals surface area (Å²) in [6.07, 6.45) is 0. The minimum Gasteiger partial charge on any atom is -0.368 e. The normalized spacial score (nSPS) is 17.9. The van der Waals surface area contributed by atoms with Gasteiger partial charge in [-0.1, -0.05) is 0 Å². The van der Waals surface area contributed by atoms with Crippen LogP contribution in [-0.4, -0.2) is 43.7 Å². The number of amides is 2. The van der Waals surface area contributed by atoms with Crippen molar-refractivity contribution in [2.24, 2.45) is 5.73 Å². The predicted molar refractivity (Wildman–Crippen MR) is 50.5 cm³/mol. The average molecular weight is 217 g/mol. The highest BCUT2D eigenvalue weighted by Gasteiger charge is 2.32. The number of nitrogens with two attached hydrogens (primary N) is 1. The Morgan fingerprint density at radius 3 is 2.60 bits per heavy atom. The first-order valence-electron chi connectivity index (χ1n) is 4.55. The largest absolute Gasteiger partial charge is 0.368 e. The van der Waals surface area contributed by atoms with Crippen LogP contribution in [0.3, 0.4) is 0 Å². The summed E-state index contributed by atoms with van der Waals surface area (Å²) in [5.41, 5.74) is 6.57. The molecule has 86 valence electrons. The number of nitrogens with one attached hydrogen (secondary N) is 2. The number of hydroxylamine groups is 1. The Bertz CT molecular complexity index is 252. The van der Waals surface area contributed by atoms with E-state index in [0.29, 0.717) is 0 Å². The number of carbonyl (C=O) groups excluding carboxylic acids is 2. The van der Waals surface area contributed by atoms with E-state index < -0.39 is 11.8 Å². The van der Waals surface area contributed by atoms with Gasteiger partial charge < -0.3 is 15.8 Å². The van der Waals surface area contributed by atoms with Crippen molar-refractivity contribution in [3.05, 3.63) is 0 Å². The van der Waals surface area contributed by atoms with Gasteiger partial charge in [0, 0.05) is 13.1 Å². The van der Waals surface area contributed by atoms with Crippen LogP contribution in [0, 0.1) is 0 Å². The first-order valence-corrected chi connectivity index (χ1v) is 4.55. The van der Waals surface area contributed by atoms with Crippen LogP contribution in [-0.2, 0) is 19.2 Å². The van der Waals surface area contributed by atoms with E-state index in [0.717, 1.165) is 13.1 Å². The smallest absolute Gasteiger partial charge is 0.269 e. The van der Waals surface area contributed by atoms with Gasteiger partial charge in [-0.05, 0) is 6.92 Å². The summed E-state index contributed by atoms with van der Waals surface area (Å²) in [5, 5.41) is 3.03. The monoisotopic (exact) mass is 217 g/mol. The quantitative estimate of drug-likeness (QED) is 0.442. The van der Waals surface area contributed by atoms with E-state index in [2.05, 4.69) is 10.2 Å². The molecule has 0 radical (unpaired) electrons. The van der Waals surface area contributed by atoms with Crippen LogP contribution in [0.15, 0.2) is 0 Å². The zero-order valence-corrected chi connectivity index (χ0v) is 8.54. The summed E-state index contributed by atoms with van der Waals surface area (Å²) in [5.74, 6) is -1.09. The van der Waals surface area contributed by atoms with Crippen molar-refractivity contribution in [3.8, 4) is 0 Å². The zero-order chi connectivity index (χ0) is 11.3. The molecule has 1 heterocycles. The first kappa shape index (κ1) is 11.9. The number of rotatable bonds is 6. The van der Waals surface area contributed by atoms with Gasteiger partial charge in [0.05, 0.1) is 5.60 Å². The van der Waals surface area contributed by atoms with Gasteiger partial charge >= 0.3 is 0 Å². The highest BCUT2D eigenvalue weighted by molar-refractivity contribution is 5.77. The first-order chi connectivity index (χ1) is 7.02. The fourth-order valence-electron chi connectivity index (χ4n) is 1.04. The molecular formula is C8H15N3O4. The van der Waals surface area contributed by atoms with Crippen LogP contribution in [0.25, 0.3) is 0 Å². The third kappa shape index (κ3) is 4.24. The van der Waals surface area contributed by atoms with E-state index in [-0.39, 0.29) is 18.8 Å². The number of carbonyl (C=O) groups is 2. The molecule has 0 aromatic carbocycles. The van der Waals surface area contributed by atoms with E-state index >= 15 is 0 Å². The molecule has 1 fully saturated rings. The lowest BCUT2D eigenvalue weighted by Crippen LogP contribution is -2.59. The SMILES string of the molecule is CC1(OCC(=O)NOCC(N)=O)CNC1. The van der Waals surface area contributed by atoms with E-state index in [1.807, 2.05) is 12.4 Å². The Labute approximate surface area is 87.2 Å². The molecule has 1 aliphatic heterocycles. The highest BCUT2D eigenvalue weighted by atomic mass is 16.7. The second-order valence-corrected chi connectivity index (χ2v) is 3.62. The molecule has 0 bridgehead atoms. The average Bonchev–Trinajstić information content (AvgIpc) is 2.11. The fourth-order valence-corrected chi connectivity index (χ4v) is 1.04. The second-order valence-electron chi connectivity index (χ2n) is 3.62. The van der Waals surface area contributed by atoms with E-state index in [4.69, 9.17) is 10.5 Å². The summed E-state index contributed by atoms with van der Waals surface area (Å²) in [4.78, 5) is 25.8. The van der Waals surface area contributed by atoms with Gasteiger partial charge in [0.15, 0.2) is 6.61 Å². The maximum absolute atomic E-state index is 11.1. The number of ether oxygens (including phenoxy) is 1. The molecule has 0 aliphatic carbocycles. The van der Waals surface area contributed by atoms with Gasteiger partial charge in [-0.2, -0.15) is 0 Å². The van der Waals surface area contributed by atoms with Crippen LogP contribution >= 0.6 is 0 Å². The maximum Gasteiger partial charge on any atom is 0.269 e. The molecule has 0 unspecified atom stereocenters. The molecule has 0 atom stereocenters. The summed E-state index contributed by atoms with van der Waals surface area (Å²) >= 11 is 0.